The fourth-order valence-electron chi connectivity index (χ4n) is 3.25. The van der Waals surface area contributed by atoms with Crippen LogP contribution in [-0.2, 0) is 16.1 Å². The van der Waals surface area contributed by atoms with E-state index in [1.54, 1.807) is 23.1 Å². The molecule has 30 heavy (non-hydrogen) atoms. The van der Waals surface area contributed by atoms with Gasteiger partial charge in [0, 0.05) is 25.2 Å². The number of hydrogen-bond acceptors (Lipinski definition) is 5. The van der Waals surface area contributed by atoms with Gasteiger partial charge in [0.15, 0.2) is 12.4 Å². The minimum Gasteiger partial charge on any atom is -0.482 e. The van der Waals surface area contributed by atoms with Crippen molar-refractivity contribution in [1.82, 2.24) is 9.80 Å². The van der Waals surface area contributed by atoms with Crippen molar-refractivity contribution in [3.8, 4) is 5.75 Å². The summed E-state index contributed by atoms with van der Waals surface area (Å²) >= 11 is 0. The maximum absolute atomic E-state index is 13.2. The number of ether oxygens (including phenoxy) is 1. The molecular weight excluding hydrogens is 382 g/mol. The zero-order valence-corrected chi connectivity index (χ0v) is 17.6. The Labute approximate surface area is 176 Å². The molecule has 3 rings (SSSR count). The highest BCUT2D eigenvalue weighted by Gasteiger charge is 2.29. The first-order valence-corrected chi connectivity index (χ1v) is 9.89. The Kier molecular flexibility index (Phi) is 6.84. The first-order valence-electron chi connectivity index (χ1n) is 9.89. The maximum atomic E-state index is 13.2. The van der Waals surface area contributed by atoms with Gasteiger partial charge in [0.1, 0.15) is 12.3 Å². The molecule has 158 valence electrons. The second-order valence-corrected chi connectivity index (χ2v) is 7.61. The molecule has 0 radical (unpaired) electrons. The summed E-state index contributed by atoms with van der Waals surface area (Å²) in [6.45, 7) is 2.95. The fourth-order valence-corrected chi connectivity index (χ4v) is 3.25. The third kappa shape index (κ3) is 5.24. The smallest absolute Gasteiger partial charge is 0.265 e. The lowest BCUT2D eigenvalue weighted by atomic mass is 10.1. The van der Waals surface area contributed by atoms with E-state index in [9.17, 15) is 14.4 Å². The third-order valence-electron chi connectivity index (χ3n) is 4.99. The van der Waals surface area contributed by atoms with Gasteiger partial charge in [-0.2, -0.15) is 0 Å². The molecule has 0 unspecified atom stereocenters. The normalized spacial score (nSPS) is 13.1. The molecule has 1 aliphatic heterocycles. The van der Waals surface area contributed by atoms with Crippen LogP contribution >= 0.6 is 0 Å². The molecule has 0 aliphatic carbocycles. The summed E-state index contributed by atoms with van der Waals surface area (Å²) in [5, 5.41) is 0. The number of amides is 2. The first kappa shape index (κ1) is 21.5. The molecule has 7 nitrogen and oxygen atoms in total. The van der Waals surface area contributed by atoms with Crippen LogP contribution in [0.2, 0.25) is 0 Å². The number of Topliss-reactive ketones (excluding diaryl/α,β-unsaturated/α-hetero) is 1. The van der Waals surface area contributed by atoms with Gasteiger partial charge in [-0.3, -0.25) is 19.3 Å². The predicted octanol–water partition coefficient (Wildman–Crippen LogP) is 2.21. The summed E-state index contributed by atoms with van der Waals surface area (Å²) in [6, 6.07) is 14.7. The standard InChI is InChI=1S/C23H27N3O4/c1-17(27)19-9-10-21-20(13-19)26(23(29)16-30-21)15-22(28)25(12-11-24(2)3)14-18-7-5-4-6-8-18/h4-10,13H,11-12,14-16H2,1-3H3. The number of fused-ring (bicyclic) bond motifs is 1. The van der Waals surface area contributed by atoms with Crippen LogP contribution in [0, 0.1) is 0 Å². The minimum absolute atomic E-state index is 0.100. The van der Waals surface area contributed by atoms with Crippen LogP contribution in [0.4, 0.5) is 5.69 Å². The number of rotatable bonds is 8. The SMILES string of the molecule is CC(=O)c1ccc2c(c1)N(CC(=O)N(CCN(C)C)Cc1ccccc1)C(=O)CO2. The number of benzene rings is 2. The lowest BCUT2D eigenvalue weighted by Crippen LogP contribution is -2.47. The fraction of sp³-hybridized carbons (Fsp3) is 0.348. The predicted molar refractivity (Wildman–Crippen MR) is 115 cm³/mol. The van der Waals surface area contributed by atoms with Crippen LogP contribution < -0.4 is 9.64 Å². The van der Waals surface area contributed by atoms with Gasteiger partial charge in [-0.1, -0.05) is 30.3 Å². The highest BCUT2D eigenvalue weighted by molar-refractivity contribution is 6.04. The van der Waals surface area contributed by atoms with Crippen molar-refractivity contribution in [1.29, 1.82) is 0 Å². The van der Waals surface area contributed by atoms with E-state index in [1.165, 1.54) is 11.8 Å². The molecule has 0 fully saturated rings. The highest BCUT2D eigenvalue weighted by atomic mass is 16.5. The van der Waals surface area contributed by atoms with E-state index in [2.05, 4.69) is 0 Å². The average molecular weight is 409 g/mol. The lowest BCUT2D eigenvalue weighted by molar-refractivity contribution is -0.132. The van der Waals surface area contributed by atoms with Crippen molar-refractivity contribution >= 4 is 23.3 Å². The van der Waals surface area contributed by atoms with Crippen LogP contribution in [0.1, 0.15) is 22.8 Å². The van der Waals surface area contributed by atoms with Crippen molar-refractivity contribution in [3.05, 3.63) is 59.7 Å². The van der Waals surface area contributed by atoms with Gasteiger partial charge >= 0.3 is 0 Å². The Morgan fingerprint density at radius 1 is 1.07 bits per heavy atom. The Bertz CT molecular complexity index is 927. The lowest BCUT2D eigenvalue weighted by Gasteiger charge is -2.32. The Hall–Kier alpha value is -3.19. The van der Waals surface area contributed by atoms with Gasteiger partial charge in [-0.25, -0.2) is 0 Å². The van der Waals surface area contributed by atoms with Crippen molar-refractivity contribution < 1.29 is 19.1 Å². The molecule has 0 aromatic heterocycles. The van der Waals surface area contributed by atoms with E-state index < -0.39 is 0 Å². The van der Waals surface area contributed by atoms with Gasteiger partial charge in [0.2, 0.25) is 5.91 Å². The average Bonchev–Trinajstić information content (AvgIpc) is 2.73. The molecule has 2 amide bonds. The van der Waals surface area contributed by atoms with E-state index in [-0.39, 0.29) is 30.7 Å². The molecule has 0 saturated carbocycles. The quantitative estimate of drug-likeness (QED) is 0.625. The Balaban J connectivity index is 1.83. The number of nitrogens with zero attached hydrogens (tertiary/aromatic N) is 3. The molecule has 7 heteroatoms. The number of ketones is 1. The minimum atomic E-state index is -0.302. The van der Waals surface area contributed by atoms with E-state index >= 15 is 0 Å². The maximum Gasteiger partial charge on any atom is 0.265 e. The van der Waals surface area contributed by atoms with Gasteiger partial charge in [0.05, 0.1) is 5.69 Å². The van der Waals surface area contributed by atoms with Crippen LogP contribution in [0.25, 0.3) is 0 Å². The topological polar surface area (TPSA) is 70.2 Å². The summed E-state index contributed by atoms with van der Waals surface area (Å²) in [7, 11) is 3.91. The molecule has 0 bridgehead atoms. The molecule has 0 N–H and O–H groups in total. The van der Waals surface area contributed by atoms with Crippen molar-refractivity contribution in [2.45, 2.75) is 13.5 Å². The van der Waals surface area contributed by atoms with Crippen molar-refractivity contribution in [2.24, 2.45) is 0 Å². The summed E-state index contributed by atoms with van der Waals surface area (Å²) in [5.74, 6) is -0.0759. The highest BCUT2D eigenvalue weighted by Crippen LogP contribution is 2.33. The second kappa shape index (κ2) is 9.54. The molecule has 1 aliphatic rings. The van der Waals surface area contributed by atoms with Crippen LogP contribution in [-0.4, -0.2) is 67.7 Å². The van der Waals surface area contributed by atoms with E-state index in [0.717, 1.165) is 5.56 Å². The number of likely N-dealkylation sites (N-methyl/N-ethyl adjacent to an activating group) is 1. The van der Waals surface area contributed by atoms with E-state index in [4.69, 9.17) is 4.74 Å². The number of carbonyl (C=O) groups excluding carboxylic acids is 3. The monoisotopic (exact) mass is 409 g/mol. The zero-order chi connectivity index (χ0) is 21.7. The Morgan fingerprint density at radius 2 is 1.80 bits per heavy atom. The summed E-state index contributed by atoms with van der Waals surface area (Å²) in [5.41, 5.74) is 1.95. The van der Waals surface area contributed by atoms with Crippen LogP contribution in [0.15, 0.2) is 48.5 Å². The molecule has 1 heterocycles. The van der Waals surface area contributed by atoms with Crippen LogP contribution in [0.3, 0.4) is 0 Å². The van der Waals surface area contributed by atoms with Crippen LogP contribution in [0.5, 0.6) is 5.75 Å². The molecule has 2 aromatic carbocycles. The summed E-state index contributed by atoms with van der Waals surface area (Å²) in [6.07, 6.45) is 0. The molecule has 0 spiro atoms. The van der Waals surface area contributed by atoms with Gasteiger partial charge in [0.25, 0.3) is 5.91 Å². The first-order chi connectivity index (χ1) is 14.3. The number of carbonyl (C=O) groups is 3. The molecular formula is C23H27N3O4. The molecule has 2 aromatic rings. The third-order valence-corrected chi connectivity index (χ3v) is 4.99. The van der Waals surface area contributed by atoms with Gasteiger partial charge in [-0.05, 0) is 44.8 Å². The zero-order valence-electron chi connectivity index (χ0n) is 17.6. The van der Waals surface area contributed by atoms with E-state index in [1.807, 2.05) is 49.3 Å². The van der Waals surface area contributed by atoms with Crippen molar-refractivity contribution in [3.63, 3.8) is 0 Å². The number of anilines is 1. The second-order valence-electron chi connectivity index (χ2n) is 7.61. The van der Waals surface area contributed by atoms with Gasteiger partial charge in [-0.15, -0.1) is 0 Å². The molecule has 0 saturated heterocycles. The number of hydrogen-bond donors (Lipinski definition) is 0. The van der Waals surface area contributed by atoms with E-state index in [0.29, 0.717) is 36.6 Å². The van der Waals surface area contributed by atoms with Gasteiger partial charge < -0.3 is 14.5 Å². The van der Waals surface area contributed by atoms with Crippen molar-refractivity contribution in [2.75, 3.05) is 45.2 Å². The summed E-state index contributed by atoms with van der Waals surface area (Å²) < 4.78 is 5.48. The molecule has 0 atom stereocenters. The summed E-state index contributed by atoms with van der Waals surface area (Å²) in [4.78, 5) is 42.7. The largest absolute Gasteiger partial charge is 0.482 e. The Morgan fingerprint density at radius 3 is 2.47 bits per heavy atom.